The quantitative estimate of drug-likeness (QED) is 0.750. The molecule has 5 heteroatoms. The van der Waals surface area contributed by atoms with E-state index >= 15 is 0 Å². The third kappa shape index (κ3) is 1.72. The topological polar surface area (TPSA) is 32.3 Å². The number of fused-ring (bicyclic) bond motifs is 1. The Hall–Kier alpha value is -2.04. The van der Waals surface area contributed by atoms with Crippen molar-refractivity contribution in [2.75, 3.05) is 9.62 Å². The van der Waals surface area contributed by atoms with Crippen molar-refractivity contribution >= 4 is 24.7 Å². The van der Waals surface area contributed by atoms with Crippen LogP contribution < -0.4 is 9.62 Å². The van der Waals surface area contributed by atoms with E-state index in [1.807, 2.05) is 12.1 Å². The second-order valence-electron chi connectivity index (χ2n) is 4.54. The second-order valence-corrected chi connectivity index (χ2v) is 4.54. The normalized spacial score (nSPS) is 13.7. The van der Waals surface area contributed by atoms with Gasteiger partial charge in [0.05, 0.1) is 5.69 Å². The van der Waals surface area contributed by atoms with E-state index in [2.05, 4.69) is 59.2 Å². The van der Waals surface area contributed by atoms with Crippen molar-refractivity contribution in [3.05, 3.63) is 42.9 Å². The molecule has 4 nitrogen and oxygen atoms in total. The summed E-state index contributed by atoms with van der Waals surface area (Å²) >= 11 is 0. The Labute approximate surface area is 108 Å². The maximum Gasteiger partial charge on any atom is 0.397 e. The van der Waals surface area contributed by atoms with Crippen LogP contribution in [0.3, 0.4) is 0 Å². The van der Waals surface area contributed by atoms with Gasteiger partial charge in [-0.25, -0.2) is 9.97 Å². The first-order chi connectivity index (χ1) is 8.77. The zero-order valence-corrected chi connectivity index (χ0v) is 10.5. The van der Waals surface area contributed by atoms with E-state index in [1.54, 1.807) is 12.5 Å². The molecule has 2 heterocycles. The molecule has 0 spiro atoms. The Bertz CT molecular complexity index is 544. The summed E-state index contributed by atoms with van der Waals surface area (Å²) in [6.45, 7) is 4.35. The van der Waals surface area contributed by atoms with E-state index in [0.717, 1.165) is 11.5 Å². The molecule has 18 heavy (non-hydrogen) atoms. The summed E-state index contributed by atoms with van der Waals surface area (Å²) in [5, 5.41) is 0. The zero-order valence-electron chi connectivity index (χ0n) is 10.5. The fourth-order valence-corrected chi connectivity index (χ4v) is 2.16. The van der Waals surface area contributed by atoms with Crippen LogP contribution in [0.4, 0.5) is 17.2 Å². The first-order valence-electron chi connectivity index (χ1n) is 6.05. The first-order valence-corrected chi connectivity index (χ1v) is 6.05. The molecule has 1 aliphatic rings. The molecule has 2 aromatic rings. The largest absolute Gasteiger partial charge is 0.397 e. The molecular weight excluding hydrogens is 223 g/mol. The lowest BCUT2D eigenvalue weighted by atomic mass is 10.0. The summed E-state index contributed by atoms with van der Waals surface area (Å²) in [5.41, 5.74) is 2.37. The number of benzene rings is 1. The molecule has 89 valence electrons. The third-order valence-electron chi connectivity index (χ3n) is 3.03. The third-order valence-corrected chi connectivity index (χ3v) is 3.03. The number of hydrogen-bond acceptors (Lipinski definition) is 4. The van der Waals surface area contributed by atoms with Crippen LogP contribution in [0.5, 0.6) is 0 Å². The van der Waals surface area contributed by atoms with Crippen LogP contribution in [0.25, 0.3) is 0 Å². The van der Waals surface area contributed by atoms with Crippen molar-refractivity contribution in [3.8, 4) is 0 Å². The van der Waals surface area contributed by atoms with E-state index in [0.29, 0.717) is 6.04 Å². The van der Waals surface area contributed by atoms with Gasteiger partial charge in [-0.2, -0.15) is 0 Å². The lowest BCUT2D eigenvalue weighted by molar-refractivity contribution is 0.829. The van der Waals surface area contributed by atoms with Crippen LogP contribution in [0.2, 0.25) is 0 Å². The maximum absolute atomic E-state index is 4.31. The highest BCUT2D eigenvalue weighted by Crippen LogP contribution is 2.39. The molecule has 1 radical (unpaired) electrons. The average Bonchev–Trinajstić information content (AvgIpc) is 2.79. The van der Waals surface area contributed by atoms with Crippen molar-refractivity contribution in [2.24, 2.45) is 0 Å². The Morgan fingerprint density at radius 3 is 2.56 bits per heavy atom. The van der Waals surface area contributed by atoms with Crippen molar-refractivity contribution < 1.29 is 0 Å². The van der Waals surface area contributed by atoms with Gasteiger partial charge in [-0.1, -0.05) is 12.1 Å². The van der Waals surface area contributed by atoms with Crippen LogP contribution in [0.15, 0.2) is 42.9 Å². The molecule has 1 aromatic heterocycles. The minimum atomic E-state index is 0.415. The zero-order chi connectivity index (χ0) is 12.5. The van der Waals surface area contributed by atoms with Crippen LogP contribution in [0, 0.1) is 0 Å². The first kappa shape index (κ1) is 11.1. The van der Waals surface area contributed by atoms with E-state index in [9.17, 15) is 0 Å². The SMILES string of the molecule is CC(C)N1[B]N(c2ccncn2)c2ccccc21. The monoisotopic (exact) mass is 237 g/mol. The van der Waals surface area contributed by atoms with E-state index in [-0.39, 0.29) is 0 Å². The highest BCUT2D eigenvalue weighted by atomic mass is 15.3. The molecule has 0 amide bonds. The summed E-state index contributed by atoms with van der Waals surface area (Å²) in [6.07, 6.45) is 3.33. The molecule has 0 atom stereocenters. The Morgan fingerprint density at radius 2 is 1.89 bits per heavy atom. The van der Waals surface area contributed by atoms with Crippen molar-refractivity contribution in [3.63, 3.8) is 0 Å². The fourth-order valence-electron chi connectivity index (χ4n) is 2.16. The average molecular weight is 237 g/mol. The van der Waals surface area contributed by atoms with Crippen molar-refractivity contribution in [1.29, 1.82) is 0 Å². The fraction of sp³-hybridized carbons (Fsp3) is 0.231. The van der Waals surface area contributed by atoms with Crippen molar-refractivity contribution in [2.45, 2.75) is 19.9 Å². The molecule has 0 saturated heterocycles. The highest BCUT2D eigenvalue weighted by molar-refractivity contribution is 6.53. The van der Waals surface area contributed by atoms with Gasteiger partial charge in [-0.05, 0) is 32.0 Å². The Kier molecular flexibility index (Phi) is 2.66. The summed E-state index contributed by atoms with van der Waals surface area (Å²) in [5.74, 6) is 0.889. The number of rotatable bonds is 2. The van der Waals surface area contributed by atoms with Gasteiger partial charge < -0.3 is 9.62 Å². The Morgan fingerprint density at radius 1 is 1.11 bits per heavy atom. The molecule has 3 rings (SSSR count). The molecule has 0 fully saturated rings. The van der Waals surface area contributed by atoms with Crippen LogP contribution in [-0.2, 0) is 0 Å². The highest BCUT2D eigenvalue weighted by Gasteiger charge is 2.30. The van der Waals surface area contributed by atoms with Gasteiger partial charge in [0.2, 0.25) is 0 Å². The number of hydrogen-bond donors (Lipinski definition) is 0. The lowest BCUT2D eigenvalue weighted by Gasteiger charge is -2.23. The van der Waals surface area contributed by atoms with Crippen molar-refractivity contribution in [1.82, 2.24) is 9.97 Å². The van der Waals surface area contributed by atoms with Crippen LogP contribution >= 0.6 is 0 Å². The van der Waals surface area contributed by atoms with E-state index in [4.69, 9.17) is 0 Å². The molecule has 0 bridgehead atoms. The predicted molar refractivity (Wildman–Crippen MR) is 74.0 cm³/mol. The molecule has 0 aliphatic carbocycles. The number of aromatic nitrogens is 2. The van der Waals surface area contributed by atoms with Crippen LogP contribution in [-0.4, -0.2) is 23.6 Å². The van der Waals surface area contributed by atoms with Crippen LogP contribution in [0.1, 0.15) is 13.8 Å². The van der Waals surface area contributed by atoms with Gasteiger partial charge in [-0.15, -0.1) is 0 Å². The molecule has 0 unspecified atom stereocenters. The number of nitrogens with zero attached hydrogens (tertiary/aromatic N) is 4. The summed E-state index contributed by atoms with van der Waals surface area (Å²) in [7, 11) is 2.09. The molecular formula is C13H14BN4. The molecule has 0 saturated carbocycles. The standard InChI is InChI=1S/C13H14BN4/c1-10(2)17-11-5-3-4-6-12(11)18(14-17)13-7-8-15-9-16-13/h3-10H,1-2H3. The number of para-hydroxylation sites is 2. The minimum Gasteiger partial charge on any atom is -0.395 e. The van der Waals surface area contributed by atoms with Gasteiger partial charge in [-0.3, -0.25) is 0 Å². The van der Waals surface area contributed by atoms with Gasteiger partial charge in [0.1, 0.15) is 12.1 Å². The molecule has 1 aromatic carbocycles. The van der Waals surface area contributed by atoms with Gasteiger partial charge in [0, 0.05) is 17.9 Å². The minimum absolute atomic E-state index is 0.415. The summed E-state index contributed by atoms with van der Waals surface area (Å²) in [6, 6.07) is 10.7. The summed E-state index contributed by atoms with van der Waals surface area (Å²) < 4.78 is 0. The predicted octanol–water partition coefficient (Wildman–Crippen LogP) is 2.38. The number of anilines is 3. The molecule has 1 aliphatic heterocycles. The lowest BCUT2D eigenvalue weighted by Crippen LogP contribution is -2.37. The van der Waals surface area contributed by atoms with Gasteiger partial charge in [0.15, 0.2) is 0 Å². The maximum atomic E-state index is 4.31. The Balaban J connectivity index is 2.05. The van der Waals surface area contributed by atoms with E-state index in [1.165, 1.54) is 5.69 Å². The second kappa shape index (κ2) is 4.33. The van der Waals surface area contributed by atoms with Gasteiger partial charge in [0.25, 0.3) is 0 Å². The van der Waals surface area contributed by atoms with E-state index < -0.39 is 0 Å². The molecule has 0 N–H and O–H groups in total. The smallest absolute Gasteiger partial charge is 0.395 e. The summed E-state index contributed by atoms with van der Waals surface area (Å²) in [4.78, 5) is 12.6. The van der Waals surface area contributed by atoms with Gasteiger partial charge >= 0.3 is 7.55 Å².